The first-order chi connectivity index (χ1) is 12.8. The molecule has 1 atom stereocenters. The number of phenols is 2. The average Bonchev–Trinajstić information content (AvgIpc) is 2.60. The van der Waals surface area contributed by atoms with Crippen molar-refractivity contribution in [3.63, 3.8) is 0 Å². The van der Waals surface area contributed by atoms with Gasteiger partial charge in [-0.3, -0.25) is 4.55 Å². The Labute approximate surface area is 164 Å². The lowest BCUT2D eigenvalue weighted by Crippen LogP contribution is -2.01. The molecule has 0 heterocycles. The SMILES string of the molecule is CCCCCCCCCCCCCC(C)c1cc(O)c(S(=O)(=O)O)cc1O. The number of hydrogen-bond acceptors (Lipinski definition) is 4. The second-order valence-corrected chi connectivity index (χ2v) is 8.97. The molecule has 5 nitrogen and oxygen atoms in total. The van der Waals surface area contributed by atoms with Crippen LogP contribution in [0.5, 0.6) is 11.5 Å². The molecule has 0 radical (unpaired) electrons. The zero-order chi connectivity index (χ0) is 20.3. The van der Waals surface area contributed by atoms with Crippen molar-refractivity contribution in [2.75, 3.05) is 0 Å². The van der Waals surface area contributed by atoms with Crippen LogP contribution < -0.4 is 0 Å². The molecule has 6 heteroatoms. The third kappa shape index (κ3) is 8.98. The molecule has 0 saturated heterocycles. The van der Waals surface area contributed by atoms with Crippen molar-refractivity contribution >= 4 is 10.1 Å². The summed E-state index contributed by atoms with van der Waals surface area (Å²) in [4.78, 5) is -0.661. The molecule has 0 fully saturated rings. The fourth-order valence-corrected chi connectivity index (χ4v) is 4.03. The van der Waals surface area contributed by atoms with Gasteiger partial charge in [0.05, 0.1) is 0 Å². The van der Waals surface area contributed by atoms with E-state index < -0.39 is 20.8 Å². The highest BCUT2D eigenvalue weighted by molar-refractivity contribution is 7.86. The molecule has 27 heavy (non-hydrogen) atoms. The summed E-state index contributed by atoms with van der Waals surface area (Å²) in [6, 6.07) is 2.15. The van der Waals surface area contributed by atoms with E-state index in [0.29, 0.717) is 5.56 Å². The van der Waals surface area contributed by atoms with Gasteiger partial charge in [-0.05, 0) is 18.4 Å². The highest BCUT2D eigenvalue weighted by Crippen LogP contribution is 2.36. The monoisotopic (exact) mass is 400 g/mol. The first-order valence-electron chi connectivity index (χ1n) is 10.3. The van der Waals surface area contributed by atoms with E-state index in [9.17, 15) is 18.6 Å². The van der Waals surface area contributed by atoms with Crippen molar-refractivity contribution in [2.45, 2.75) is 102 Å². The third-order valence-corrected chi connectivity index (χ3v) is 6.04. The maximum atomic E-state index is 11.2. The van der Waals surface area contributed by atoms with Crippen LogP contribution in [0.15, 0.2) is 17.0 Å². The summed E-state index contributed by atoms with van der Waals surface area (Å²) in [5, 5.41) is 19.9. The summed E-state index contributed by atoms with van der Waals surface area (Å²) in [7, 11) is -4.55. The average molecular weight is 401 g/mol. The second kappa shape index (κ2) is 12.2. The van der Waals surface area contributed by atoms with Crippen molar-refractivity contribution in [3.8, 4) is 11.5 Å². The summed E-state index contributed by atoms with van der Waals surface area (Å²) in [6.45, 7) is 4.18. The van der Waals surface area contributed by atoms with Crippen LogP contribution in [0.4, 0.5) is 0 Å². The van der Waals surface area contributed by atoms with E-state index in [-0.39, 0.29) is 11.7 Å². The van der Waals surface area contributed by atoms with E-state index >= 15 is 0 Å². The van der Waals surface area contributed by atoms with Gasteiger partial charge in [0.1, 0.15) is 16.4 Å². The maximum Gasteiger partial charge on any atom is 0.298 e. The summed E-state index contributed by atoms with van der Waals surface area (Å²) < 4.78 is 31.4. The minimum Gasteiger partial charge on any atom is -0.508 e. The zero-order valence-corrected chi connectivity index (χ0v) is 17.6. The van der Waals surface area contributed by atoms with Crippen LogP contribution >= 0.6 is 0 Å². The standard InChI is InChI=1S/C21H36O5S/c1-3-4-5-6-7-8-9-10-11-12-13-14-17(2)18-15-20(23)21(16-19(18)22)27(24,25)26/h15-17,22-23H,3-14H2,1-2H3,(H,24,25,26). The van der Waals surface area contributed by atoms with Crippen LogP contribution in [0, 0.1) is 0 Å². The fourth-order valence-electron chi connectivity index (χ4n) is 3.45. The Bertz CT molecular complexity index is 655. The van der Waals surface area contributed by atoms with Gasteiger partial charge >= 0.3 is 0 Å². The summed E-state index contributed by atoms with van der Waals surface area (Å²) >= 11 is 0. The molecule has 0 saturated carbocycles. The fraction of sp³-hybridized carbons (Fsp3) is 0.714. The zero-order valence-electron chi connectivity index (χ0n) is 16.8. The predicted octanol–water partition coefficient (Wildman–Crippen LogP) is 6.15. The highest BCUT2D eigenvalue weighted by atomic mass is 32.2. The highest BCUT2D eigenvalue weighted by Gasteiger charge is 2.20. The van der Waals surface area contributed by atoms with Gasteiger partial charge in [0.25, 0.3) is 10.1 Å². The van der Waals surface area contributed by atoms with Crippen molar-refractivity contribution < 1.29 is 23.2 Å². The summed E-state index contributed by atoms with van der Waals surface area (Å²) in [5.74, 6) is -0.739. The van der Waals surface area contributed by atoms with Gasteiger partial charge < -0.3 is 10.2 Å². The summed E-state index contributed by atoms with van der Waals surface area (Å²) in [6.07, 6.45) is 14.8. The lowest BCUT2D eigenvalue weighted by molar-refractivity contribution is 0.424. The van der Waals surface area contributed by atoms with E-state index in [4.69, 9.17) is 4.55 Å². The van der Waals surface area contributed by atoms with E-state index in [0.717, 1.165) is 25.3 Å². The Hall–Kier alpha value is -1.27. The molecule has 1 aromatic rings. The smallest absolute Gasteiger partial charge is 0.298 e. The van der Waals surface area contributed by atoms with Crippen molar-refractivity contribution in [3.05, 3.63) is 17.7 Å². The molecule has 0 aliphatic carbocycles. The Morgan fingerprint density at radius 2 is 1.30 bits per heavy atom. The Kier molecular flexibility index (Phi) is 10.8. The first kappa shape index (κ1) is 23.8. The van der Waals surface area contributed by atoms with Gasteiger partial charge in [0.15, 0.2) is 0 Å². The molecule has 156 valence electrons. The molecule has 0 spiro atoms. The Balaban J connectivity index is 2.27. The molecule has 1 aromatic carbocycles. The van der Waals surface area contributed by atoms with Gasteiger partial charge in [-0.2, -0.15) is 8.42 Å². The second-order valence-electron chi connectivity index (χ2n) is 7.58. The van der Waals surface area contributed by atoms with Crippen molar-refractivity contribution in [1.82, 2.24) is 0 Å². The minimum absolute atomic E-state index is 0.00455. The van der Waals surface area contributed by atoms with Crippen LogP contribution in [-0.4, -0.2) is 23.2 Å². The topological polar surface area (TPSA) is 94.8 Å². The lowest BCUT2D eigenvalue weighted by Gasteiger charge is -2.15. The van der Waals surface area contributed by atoms with E-state index in [1.165, 1.54) is 63.9 Å². The number of aromatic hydroxyl groups is 2. The number of rotatable bonds is 14. The largest absolute Gasteiger partial charge is 0.508 e. The number of benzene rings is 1. The van der Waals surface area contributed by atoms with Gasteiger partial charge in [-0.15, -0.1) is 0 Å². The molecule has 0 bridgehead atoms. The Morgan fingerprint density at radius 3 is 1.78 bits per heavy atom. The van der Waals surface area contributed by atoms with Crippen LogP contribution in [0.1, 0.15) is 102 Å². The lowest BCUT2D eigenvalue weighted by atomic mass is 9.93. The molecule has 0 aliphatic rings. The van der Waals surface area contributed by atoms with Gasteiger partial charge in [-0.25, -0.2) is 0 Å². The van der Waals surface area contributed by atoms with Crippen LogP contribution in [0.2, 0.25) is 0 Å². The Morgan fingerprint density at radius 1 is 0.815 bits per heavy atom. The van der Waals surface area contributed by atoms with Gasteiger partial charge in [0.2, 0.25) is 0 Å². The summed E-state index contributed by atoms with van der Waals surface area (Å²) in [5.41, 5.74) is 0.506. The van der Waals surface area contributed by atoms with E-state index in [1.807, 2.05) is 6.92 Å². The molecular formula is C21H36O5S. The van der Waals surface area contributed by atoms with Crippen molar-refractivity contribution in [1.29, 1.82) is 0 Å². The van der Waals surface area contributed by atoms with E-state index in [1.54, 1.807) is 0 Å². The predicted molar refractivity (Wildman–Crippen MR) is 109 cm³/mol. The number of phenolic OH excluding ortho intramolecular Hbond substituents is 2. The maximum absolute atomic E-state index is 11.2. The van der Waals surface area contributed by atoms with Crippen LogP contribution in [0.3, 0.4) is 0 Å². The van der Waals surface area contributed by atoms with E-state index in [2.05, 4.69) is 6.92 Å². The first-order valence-corrected chi connectivity index (χ1v) is 11.7. The molecule has 3 N–H and O–H groups in total. The van der Waals surface area contributed by atoms with Gasteiger partial charge in [0, 0.05) is 11.6 Å². The van der Waals surface area contributed by atoms with Crippen molar-refractivity contribution in [2.24, 2.45) is 0 Å². The number of hydrogen-bond donors (Lipinski definition) is 3. The molecule has 0 amide bonds. The quantitative estimate of drug-likeness (QED) is 0.198. The molecule has 0 aliphatic heterocycles. The number of unbranched alkanes of at least 4 members (excludes halogenated alkanes) is 10. The van der Waals surface area contributed by atoms with Crippen LogP contribution in [0.25, 0.3) is 0 Å². The molecule has 1 rings (SSSR count). The molecule has 1 unspecified atom stereocenters. The minimum atomic E-state index is -4.55. The molecular weight excluding hydrogens is 364 g/mol. The third-order valence-electron chi connectivity index (χ3n) is 5.16. The molecule has 0 aromatic heterocycles. The van der Waals surface area contributed by atoms with Crippen LogP contribution in [-0.2, 0) is 10.1 Å². The normalized spacial score (nSPS) is 13.0. The van der Waals surface area contributed by atoms with Gasteiger partial charge in [-0.1, -0.05) is 84.5 Å².